The van der Waals surface area contributed by atoms with E-state index in [9.17, 15) is 13.2 Å². The topological polar surface area (TPSA) is 84.9 Å². The molecule has 3 aromatic carbocycles. The molecule has 0 aliphatic carbocycles. The number of para-hydroxylation sites is 2. The summed E-state index contributed by atoms with van der Waals surface area (Å²) in [5.74, 6) is 0.361. The summed E-state index contributed by atoms with van der Waals surface area (Å²) in [7, 11) is -2.40. The largest absolute Gasteiger partial charge is 0.495 e. The molecule has 32 heavy (non-hydrogen) atoms. The van der Waals surface area contributed by atoms with Crippen LogP contribution in [-0.2, 0) is 14.8 Å². The molecular formula is C24H24N2O5S. The number of carbonyl (C=O) groups is 1. The zero-order chi connectivity index (χ0) is 22.9. The Hall–Kier alpha value is -3.52. The van der Waals surface area contributed by atoms with E-state index in [1.807, 2.05) is 19.9 Å². The number of nitrogens with zero attached hydrogens (tertiary/aromatic N) is 1. The molecule has 1 amide bonds. The summed E-state index contributed by atoms with van der Waals surface area (Å²) in [4.78, 5) is 13.2. The van der Waals surface area contributed by atoms with Crippen molar-refractivity contribution < 1.29 is 22.7 Å². The monoisotopic (exact) mass is 452 g/mol. The molecule has 1 heterocycles. The van der Waals surface area contributed by atoms with Crippen molar-refractivity contribution in [3.05, 3.63) is 77.9 Å². The summed E-state index contributed by atoms with van der Waals surface area (Å²) >= 11 is 0. The number of aryl methyl sites for hydroxylation is 2. The third-order valence-electron chi connectivity index (χ3n) is 5.25. The number of hydrogen-bond acceptors (Lipinski definition) is 5. The van der Waals surface area contributed by atoms with Crippen LogP contribution in [0.4, 0.5) is 11.4 Å². The van der Waals surface area contributed by atoms with Gasteiger partial charge in [0.25, 0.3) is 15.9 Å². The van der Waals surface area contributed by atoms with Crippen LogP contribution in [0.3, 0.4) is 0 Å². The standard InChI is InChI=1S/C24H24N2O5S/c1-16-8-11-18(12-9-16)32(28,29)26-15-23(31-22-13-10-17(2)14-20(22)26)24(27)25-19-6-4-5-7-21(19)30-3/h4-14,23H,15H2,1-3H3,(H,25,27)/t23-/m1/s1. The van der Waals surface area contributed by atoms with Crippen LogP contribution in [0.5, 0.6) is 11.5 Å². The van der Waals surface area contributed by atoms with Crippen molar-refractivity contribution in [1.82, 2.24) is 0 Å². The molecule has 1 atom stereocenters. The lowest BCUT2D eigenvalue weighted by Crippen LogP contribution is -2.48. The maximum Gasteiger partial charge on any atom is 0.267 e. The Morgan fingerprint density at radius 2 is 1.72 bits per heavy atom. The van der Waals surface area contributed by atoms with Crippen molar-refractivity contribution in [2.45, 2.75) is 24.8 Å². The molecule has 0 unspecified atom stereocenters. The first-order valence-electron chi connectivity index (χ1n) is 10.1. The first kappa shape index (κ1) is 21.7. The number of sulfonamides is 1. The van der Waals surface area contributed by atoms with E-state index >= 15 is 0 Å². The zero-order valence-corrected chi connectivity index (χ0v) is 18.8. The molecule has 1 N–H and O–H groups in total. The maximum absolute atomic E-state index is 13.5. The Balaban J connectivity index is 1.70. The number of nitrogens with one attached hydrogen (secondary N) is 1. The highest BCUT2D eigenvalue weighted by Gasteiger charge is 2.37. The molecule has 0 spiro atoms. The molecule has 1 aliphatic heterocycles. The SMILES string of the molecule is COc1ccccc1NC(=O)[C@H]1CN(S(=O)(=O)c2ccc(C)cc2)c2cc(C)ccc2O1. The van der Waals surface area contributed by atoms with Gasteiger partial charge in [0.15, 0.2) is 6.10 Å². The molecule has 0 bridgehead atoms. The fourth-order valence-electron chi connectivity index (χ4n) is 3.52. The molecular weight excluding hydrogens is 428 g/mol. The molecule has 166 valence electrons. The summed E-state index contributed by atoms with van der Waals surface area (Å²) in [6.07, 6.45) is -1.05. The third kappa shape index (κ3) is 4.13. The highest BCUT2D eigenvalue weighted by molar-refractivity contribution is 7.92. The molecule has 0 fully saturated rings. The Morgan fingerprint density at radius 1 is 1.03 bits per heavy atom. The number of rotatable bonds is 5. The zero-order valence-electron chi connectivity index (χ0n) is 18.0. The van der Waals surface area contributed by atoms with Crippen molar-refractivity contribution in [2.24, 2.45) is 0 Å². The first-order chi connectivity index (χ1) is 15.3. The second kappa shape index (κ2) is 8.55. The lowest BCUT2D eigenvalue weighted by molar-refractivity contribution is -0.122. The van der Waals surface area contributed by atoms with Crippen LogP contribution in [0.25, 0.3) is 0 Å². The summed E-state index contributed by atoms with van der Waals surface area (Å²) in [5, 5.41) is 2.78. The van der Waals surface area contributed by atoms with Gasteiger partial charge in [-0.15, -0.1) is 0 Å². The molecule has 0 saturated carbocycles. The van der Waals surface area contributed by atoms with Gasteiger partial charge >= 0.3 is 0 Å². The van der Waals surface area contributed by atoms with E-state index in [4.69, 9.17) is 9.47 Å². The van der Waals surface area contributed by atoms with Gasteiger partial charge in [-0.05, 0) is 55.8 Å². The van der Waals surface area contributed by atoms with E-state index in [-0.39, 0.29) is 11.4 Å². The fourth-order valence-corrected chi connectivity index (χ4v) is 4.99. The number of fused-ring (bicyclic) bond motifs is 1. The number of anilines is 2. The fraction of sp³-hybridized carbons (Fsp3) is 0.208. The van der Waals surface area contributed by atoms with Crippen molar-refractivity contribution in [3.8, 4) is 11.5 Å². The maximum atomic E-state index is 13.5. The Bertz CT molecular complexity index is 1260. The molecule has 1 aliphatic rings. The predicted molar refractivity (Wildman–Crippen MR) is 123 cm³/mol. The minimum Gasteiger partial charge on any atom is -0.495 e. The van der Waals surface area contributed by atoms with E-state index in [0.29, 0.717) is 22.9 Å². The van der Waals surface area contributed by atoms with Crippen molar-refractivity contribution in [2.75, 3.05) is 23.3 Å². The summed E-state index contributed by atoms with van der Waals surface area (Å²) in [6, 6.07) is 18.9. The van der Waals surface area contributed by atoms with Crippen LogP contribution >= 0.6 is 0 Å². The quantitative estimate of drug-likeness (QED) is 0.635. The lowest BCUT2D eigenvalue weighted by Gasteiger charge is -2.35. The van der Waals surface area contributed by atoms with Gasteiger partial charge in [0.2, 0.25) is 0 Å². The Morgan fingerprint density at radius 3 is 2.44 bits per heavy atom. The van der Waals surface area contributed by atoms with E-state index in [1.54, 1.807) is 60.7 Å². The average molecular weight is 453 g/mol. The lowest BCUT2D eigenvalue weighted by atomic mass is 10.1. The predicted octanol–water partition coefficient (Wildman–Crippen LogP) is 3.91. The Kier molecular flexibility index (Phi) is 5.80. The van der Waals surface area contributed by atoms with Crippen LogP contribution in [0, 0.1) is 13.8 Å². The Labute approximate surface area is 187 Å². The number of ether oxygens (including phenoxy) is 2. The van der Waals surface area contributed by atoms with Crippen molar-refractivity contribution in [3.63, 3.8) is 0 Å². The normalized spacial score (nSPS) is 15.5. The third-order valence-corrected chi connectivity index (χ3v) is 7.04. The summed E-state index contributed by atoms with van der Waals surface area (Å²) in [5.41, 5.74) is 2.72. The number of carbonyl (C=O) groups excluding carboxylic acids is 1. The van der Waals surface area contributed by atoms with E-state index in [2.05, 4.69) is 5.32 Å². The molecule has 7 nitrogen and oxygen atoms in total. The highest BCUT2D eigenvalue weighted by atomic mass is 32.2. The van der Waals surface area contributed by atoms with Gasteiger partial charge in [-0.3, -0.25) is 9.10 Å². The van der Waals surface area contributed by atoms with E-state index < -0.39 is 22.0 Å². The van der Waals surface area contributed by atoms with Gasteiger partial charge in [-0.1, -0.05) is 35.9 Å². The van der Waals surface area contributed by atoms with Crippen molar-refractivity contribution in [1.29, 1.82) is 0 Å². The average Bonchev–Trinajstić information content (AvgIpc) is 2.79. The molecule has 3 aromatic rings. The van der Waals surface area contributed by atoms with Gasteiger partial charge in [0, 0.05) is 0 Å². The smallest absolute Gasteiger partial charge is 0.267 e. The van der Waals surface area contributed by atoms with Crippen LogP contribution < -0.4 is 19.1 Å². The first-order valence-corrected chi connectivity index (χ1v) is 11.5. The van der Waals surface area contributed by atoms with Crippen LogP contribution in [0.2, 0.25) is 0 Å². The second-order valence-corrected chi connectivity index (χ2v) is 9.48. The van der Waals surface area contributed by atoms with Crippen LogP contribution in [0.15, 0.2) is 71.6 Å². The van der Waals surface area contributed by atoms with E-state index in [1.165, 1.54) is 11.4 Å². The number of amides is 1. The minimum atomic E-state index is -3.91. The van der Waals surface area contributed by atoms with Crippen LogP contribution in [0.1, 0.15) is 11.1 Å². The number of benzene rings is 3. The van der Waals surface area contributed by atoms with Gasteiger partial charge in [-0.25, -0.2) is 8.42 Å². The van der Waals surface area contributed by atoms with Gasteiger partial charge in [0.05, 0.1) is 29.9 Å². The molecule has 0 aromatic heterocycles. The van der Waals surface area contributed by atoms with Crippen molar-refractivity contribution >= 4 is 27.3 Å². The number of hydrogen-bond donors (Lipinski definition) is 1. The van der Waals surface area contributed by atoms with Crippen LogP contribution in [-0.4, -0.2) is 34.1 Å². The molecule has 0 radical (unpaired) electrons. The molecule has 4 rings (SSSR count). The van der Waals surface area contributed by atoms with Gasteiger partial charge < -0.3 is 14.8 Å². The molecule has 0 saturated heterocycles. The van der Waals surface area contributed by atoms with Gasteiger partial charge in [0.1, 0.15) is 11.5 Å². The molecule has 8 heteroatoms. The van der Waals surface area contributed by atoms with E-state index in [0.717, 1.165) is 11.1 Å². The highest BCUT2D eigenvalue weighted by Crippen LogP contribution is 2.38. The summed E-state index contributed by atoms with van der Waals surface area (Å²) in [6.45, 7) is 3.60. The second-order valence-electron chi connectivity index (χ2n) is 7.62. The summed E-state index contributed by atoms with van der Waals surface area (Å²) < 4.78 is 39.5. The number of methoxy groups -OCH3 is 1. The van der Waals surface area contributed by atoms with Gasteiger partial charge in [-0.2, -0.15) is 0 Å². The minimum absolute atomic E-state index is 0.154.